The van der Waals surface area contributed by atoms with Gasteiger partial charge in [0, 0.05) is 0 Å². The molecule has 0 aromatic heterocycles. The van der Waals surface area contributed by atoms with Gasteiger partial charge in [-0.15, -0.1) is 0 Å². The number of sulfonamides is 1. The van der Waals surface area contributed by atoms with Crippen molar-refractivity contribution in [2.75, 3.05) is 0 Å². The first kappa shape index (κ1) is 13.4. The summed E-state index contributed by atoms with van der Waals surface area (Å²) in [7, 11) is -4.35. The molecule has 0 amide bonds. The predicted molar refractivity (Wildman–Crippen MR) is 50.5 cm³/mol. The molecule has 0 saturated carbocycles. The van der Waals surface area contributed by atoms with Crippen molar-refractivity contribution in [3.05, 3.63) is 28.0 Å². The minimum Gasteiger partial charge on any atom is -0.225 e. The van der Waals surface area contributed by atoms with Gasteiger partial charge in [0.25, 0.3) is 0 Å². The van der Waals surface area contributed by atoms with Crippen molar-refractivity contribution in [2.45, 2.75) is 11.1 Å². The second kappa shape index (κ2) is 3.97. The molecule has 0 heterocycles. The molecule has 2 N–H and O–H groups in total. The Morgan fingerprint density at radius 3 is 2.12 bits per heavy atom. The number of alkyl halides is 3. The van der Waals surface area contributed by atoms with Gasteiger partial charge in [0.2, 0.25) is 10.0 Å². The summed E-state index contributed by atoms with van der Waals surface area (Å²) in [4.78, 5) is -0.818. The second-order valence-electron chi connectivity index (χ2n) is 2.78. The van der Waals surface area contributed by atoms with Crippen LogP contribution in [0.3, 0.4) is 0 Å². The first-order valence-electron chi connectivity index (χ1n) is 3.63. The number of nitrogens with two attached hydrogens (primary N) is 1. The molecule has 16 heavy (non-hydrogen) atoms. The van der Waals surface area contributed by atoms with E-state index >= 15 is 0 Å². The summed E-state index contributed by atoms with van der Waals surface area (Å²) in [6.07, 6.45) is -5.01. The molecule has 0 spiro atoms. The molecule has 0 bridgehead atoms. The third-order valence-electron chi connectivity index (χ3n) is 1.65. The van der Waals surface area contributed by atoms with Crippen LogP contribution >= 0.6 is 15.9 Å². The third kappa shape index (κ3) is 2.53. The van der Waals surface area contributed by atoms with Gasteiger partial charge in [-0.3, -0.25) is 0 Å². The topological polar surface area (TPSA) is 60.2 Å². The van der Waals surface area contributed by atoms with Crippen LogP contribution in [0.15, 0.2) is 21.5 Å². The van der Waals surface area contributed by atoms with Gasteiger partial charge in [-0.1, -0.05) is 0 Å². The molecular formula is C7H4BrF4NO2S. The maximum atomic E-state index is 12.9. The van der Waals surface area contributed by atoms with Crippen LogP contribution in [-0.4, -0.2) is 8.42 Å². The summed E-state index contributed by atoms with van der Waals surface area (Å²) >= 11 is 2.38. The monoisotopic (exact) mass is 321 g/mol. The zero-order valence-corrected chi connectivity index (χ0v) is 9.75. The van der Waals surface area contributed by atoms with E-state index in [2.05, 4.69) is 21.1 Å². The number of rotatable bonds is 1. The Morgan fingerprint density at radius 1 is 1.25 bits per heavy atom. The minimum absolute atomic E-state index is 0.396. The van der Waals surface area contributed by atoms with Gasteiger partial charge in [-0.25, -0.2) is 17.9 Å². The molecule has 3 nitrogen and oxygen atoms in total. The van der Waals surface area contributed by atoms with Crippen LogP contribution in [0.25, 0.3) is 0 Å². The van der Waals surface area contributed by atoms with Crippen LogP contribution in [-0.2, 0) is 16.2 Å². The fraction of sp³-hybridized carbons (Fsp3) is 0.143. The van der Waals surface area contributed by atoms with E-state index in [1.54, 1.807) is 0 Å². The summed E-state index contributed by atoms with van der Waals surface area (Å²) in [5, 5.41) is 4.67. The molecule has 9 heteroatoms. The van der Waals surface area contributed by atoms with Gasteiger partial charge < -0.3 is 0 Å². The van der Waals surface area contributed by atoms with Gasteiger partial charge >= 0.3 is 6.18 Å². The van der Waals surface area contributed by atoms with Crippen LogP contribution in [0.2, 0.25) is 0 Å². The third-order valence-corrected chi connectivity index (χ3v) is 3.69. The number of halogens is 5. The van der Waals surface area contributed by atoms with Crippen molar-refractivity contribution in [1.82, 2.24) is 0 Å². The molecule has 0 aliphatic carbocycles. The summed E-state index contributed by atoms with van der Waals surface area (Å²) < 4.78 is 70.9. The normalized spacial score (nSPS) is 12.9. The molecule has 0 radical (unpaired) electrons. The quantitative estimate of drug-likeness (QED) is 0.806. The first-order chi connectivity index (χ1) is 7.05. The Morgan fingerprint density at radius 2 is 1.75 bits per heavy atom. The van der Waals surface area contributed by atoms with E-state index in [9.17, 15) is 26.0 Å². The van der Waals surface area contributed by atoms with Crippen LogP contribution < -0.4 is 5.14 Å². The maximum absolute atomic E-state index is 12.9. The highest BCUT2D eigenvalue weighted by Crippen LogP contribution is 2.39. The van der Waals surface area contributed by atoms with Crippen LogP contribution in [0.4, 0.5) is 17.6 Å². The van der Waals surface area contributed by atoms with Gasteiger partial charge in [-0.05, 0) is 28.1 Å². The average Bonchev–Trinajstić information content (AvgIpc) is 1.97. The van der Waals surface area contributed by atoms with E-state index in [1.165, 1.54) is 0 Å². The van der Waals surface area contributed by atoms with Crippen LogP contribution in [0, 0.1) is 5.82 Å². The average molecular weight is 322 g/mol. The Bertz CT molecular complexity index is 526. The molecule has 0 fully saturated rings. The highest BCUT2D eigenvalue weighted by atomic mass is 79.9. The van der Waals surface area contributed by atoms with Gasteiger partial charge in [-0.2, -0.15) is 13.2 Å². The molecule has 0 atom stereocenters. The Hall–Kier alpha value is -0.670. The second-order valence-corrected chi connectivity index (χ2v) is 5.10. The van der Waals surface area contributed by atoms with Crippen molar-refractivity contribution < 1.29 is 26.0 Å². The van der Waals surface area contributed by atoms with Gasteiger partial charge in [0.1, 0.15) is 11.4 Å². The Labute approximate surface area is 96.4 Å². The molecule has 90 valence electrons. The SMILES string of the molecule is NS(=O)(=O)c1ccc(F)c(C(F)(F)F)c1Br. The van der Waals surface area contributed by atoms with Gasteiger partial charge in [0.15, 0.2) is 0 Å². The fourth-order valence-electron chi connectivity index (χ4n) is 1.01. The molecule has 0 aliphatic heterocycles. The van der Waals surface area contributed by atoms with E-state index in [1.807, 2.05) is 0 Å². The molecule has 1 rings (SSSR count). The lowest BCUT2D eigenvalue weighted by Crippen LogP contribution is -2.17. The molecular weight excluding hydrogens is 318 g/mol. The van der Waals surface area contributed by atoms with E-state index in [4.69, 9.17) is 0 Å². The summed E-state index contributed by atoms with van der Waals surface area (Å²) in [5.41, 5.74) is -1.70. The van der Waals surface area contributed by atoms with E-state index in [0.29, 0.717) is 12.1 Å². The van der Waals surface area contributed by atoms with Crippen molar-refractivity contribution in [1.29, 1.82) is 0 Å². The fourth-order valence-corrected chi connectivity index (χ4v) is 2.85. The zero-order chi connectivity index (χ0) is 12.7. The summed E-state index contributed by atoms with van der Waals surface area (Å²) in [5.74, 6) is -1.58. The van der Waals surface area contributed by atoms with E-state index < -0.39 is 36.9 Å². The van der Waals surface area contributed by atoms with E-state index in [0.717, 1.165) is 0 Å². The Kier molecular flexibility index (Phi) is 3.32. The highest BCUT2D eigenvalue weighted by Gasteiger charge is 2.38. The van der Waals surface area contributed by atoms with E-state index in [-0.39, 0.29) is 0 Å². The summed E-state index contributed by atoms with van der Waals surface area (Å²) in [6, 6.07) is 1.05. The smallest absolute Gasteiger partial charge is 0.225 e. The molecule has 0 saturated heterocycles. The predicted octanol–water partition coefficient (Wildman–Crippen LogP) is 2.25. The number of hydrogen-bond donors (Lipinski definition) is 1. The lowest BCUT2D eigenvalue weighted by atomic mass is 10.2. The highest BCUT2D eigenvalue weighted by molar-refractivity contribution is 9.10. The lowest BCUT2D eigenvalue weighted by molar-refractivity contribution is -0.140. The van der Waals surface area contributed by atoms with Crippen molar-refractivity contribution in [3.8, 4) is 0 Å². The largest absolute Gasteiger partial charge is 0.420 e. The molecule has 0 unspecified atom stereocenters. The first-order valence-corrected chi connectivity index (χ1v) is 5.97. The standard InChI is InChI=1S/C7H4BrF4NO2S/c8-6-4(16(13,14)15)2-1-3(9)5(6)7(10,11)12/h1-2H,(H2,13,14,15). The van der Waals surface area contributed by atoms with Crippen LogP contribution in [0.5, 0.6) is 0 Å². The van der Waals surface area contributed by atoms with Crippen LogP contribution in [0.1, 0.15) is 5.56 Å². The minimum atomic E-state index is -5.01. The maximum Gasteiger partial charge on any atom is 0.420 e. The molecule has 1 aromatic rings. The Balaban J connectivity index is 3.65. The number of benzene rings is 1. The zero-order valence-electron chi connectivity index (χ0n) is 7.35. The summed E-state index contributed by atoms with van der Waals surface area (Å²) in [6.45, 7) is 0. The van der Waals surface area contributed by atoms with Crippen molar-refractivity contribution in [2.24, 2.45) is 5.14 Å². The number of primary sulfonamides is 1. The number of hydrogen-bond acceptors (Lipinski definition) is 2. The lowest BCUT2D eigenvalue weighted by Gasteiger charge is -2.12. The van der Waals surface area contributed by atoms with Crippen molar-refractivity contribution >= 4 is 26.0 Å². The molecule has 1 aromatic carbocycles. The van der Waals surface area contributed by atoms with Gasteiger partial charge in [0.05, 0.1) is 9.37 Å². The van der Waals surface area contributed by atoms with Crippen molar-refractivity contribution in [3.63, 3.8) is 0 Å². The molecule has 0 aliphatic rings.